The van der Waals surface area contributed by atoms with Crippen molar-refractivity contribution in [2.24, 2.45) is 5.16 Å². The summed E-state index contributed by atoms with van der Waals surface area (Å²) >= 11 is 5.80. The molecule has 0 radical (unpaired) electrons. The molecule has 1 aromatic carbocycles. The Morgan fingerprint density at radius 2 is 2.00 bits per heavy atom. The summed E-state index contributed by atoms with van der Waals surface area (Å²) in [6.07, 6.45) is 0. The summed E-state index contributed by atoms with van der Waals surface area (Å²) in [4.78, 5) is 4.95. The van der Waals surface area contributed by atoms with Crippen molar-refractivity contribution in [2.45, 2.75) is 19.4 Å². The first-order valence-corrected chi connectivity index (χ1v) is 8.00. The Morgan fingerprint density at radius 1 is 1.39 bits per heavy atom. The summed E-state index contributed by atoms with van der Waals surface area (Å²) in [6, 6.07) is 3.64. The zero-order valence-electron chi connectivity index (χ0n) is 12.2. The molecule has 1 rings (SSSR count). The Labute approximate surface area is 136 Å². The Hall–Kier alpha value is -1.74. The lowest BCUT2D eigenvalue weighted by molar-refractivity contribution is -0.0429. The summed E-state index contributed by atoms with van der Waals surface area (Å²) < 4.78 is 61.4. The van der Waals surface area contributed by atoms with Crippen LogP contribution in [-0.2, 0) is 14.9 Å². The van der Waals surface area contributed by atoms with E-state index < -0.39 is 15.5 Å². The molecule has 0 aliphatic rings. The number of nitrogens with zero attached hydrogens (tertiary/aromatic N) is 1. The average Bonchev–Trinajstić information content (AvgIpc) is 2.38. The molecule has 0 aromatic heterocycles. The number of rotatable bonds is 6. The number of sulfonamides is 1. The van der Waals surface area contributed by atoms with Crippen LogP contribution in [0.15, 0.2) is 35.5 Å². The van der Waals surface area contributed by atoms with Crippen LogP contribution in [0.2, 0.25) is 5.02 Å². The van der Waals surface area contributed by atoms with Crippen molar-refractivity contribution < 1.29 is 26.4 Å². The fourth-order valence-corrected chi connectivity index (χ4v) is 2.15. The SMILES string of the molecule is C=C(C)CON=C(C)c1cc(Cl)ccc1NS(=O)(=O)C(F)(F)F. The van der Waals surface area contributed by atoms with E-state index in [2.05, 4.69) is 11.7 Å². The molecule has 0 atom stereocenters. The number of anilines is 1. The highest BCUT2D eigenvalue weighted by Gasteiger charge is 2.46. The lowest BCUT2D eigenvalue weighted by Gasteiger charge is -2.14. The molecule has 0 aliphatic heterocycles. The smallest absolute Gasteiger partial charge is 0.391 e. The highest BCUT2D eigenvalue weighted by molar-refractivity contribution is 7.93. The second-order valence-corrected chi connectivity index (χ2v) is 6.76. The molecule has 1 N–H and O–H groups in total. The fourth-order valence-electron chi connectivity index (χ4n) is 1.40. The van der Waals surface area contributed by atoms with E-state index in [1.54, 1.807) is 6.92 Å². The van der Waals surface area contributed by atoms with Crippen LogP contribution in [0, 0.1) is 0 Å². The summed E-state index contributed by atoms with van der Waals surface area (Å²) in [5.41, 5.74) is -4.86. The van der Waals surface area contributed by atoms with E-state index in [-0.39, 0.29) is 28.6 Å². The highest BCUT2D eigenvalue weighted by atomic mass is 35.5. The zero-order valence-corrected chi connectivity index (χ0v) is 13.8. The molecule has 128 valence electrons. The van der Waals surface area contributed by atoms with Crippen molar-refractivity contribution in [1.82, 2.24) is 0 Å². The summed E-state index contributed by atoms with van der Waals surface area (Å²) in [5.74, 6) is 0. The van der Waals surface area contributed by atoms with E-state index in [4.69, 9.17) is 16.4 Å². The molecular formula is C13H14ClF3N2O3S. The molecule has 0 bridgehead atoms. The topological polar surface area (TPSA) is 67.8 Å². The van der Waals surface area contributed by atoms with Crippen LogP contribution in [0.25, 0.3) is 0 Å². The molecule has 5 nitrogen and oxygen atoms in total. The van der Waals surface area contributed by atoms with Gasteiger partial charge in [-0.1, -0.05) is 23.3 Å². The van der Waals surface area contributed by atoms with Gasteiger partial charge in [0.2, 0.25) is 0 Å². The van der Waals surface area contributed by atoms with E-state index in [1.165, 1.54) is 23.8 Å². The predicted molar refractivity (Wildman–Crippen MR) is 83.0 cm³/mol. The maximum atomic E-state index is 12.5. The van der Waals surface area contributed by atoms with Gasteiger partial charge < -0.3 is 4.84 Å². The summed E-state index contributed by atoms with van der Waals surface area (Å²) in [6.45, 7) is 6.85. The third-order valence-corrected chi connectivity index (χ3v) is 3.77. The van der Waals surface area contributed by atoms with Crippen molar-refractivity contribution in [1.29, 1.82) is 0 Å². The van der Waals surface area contributed by atoms with Crippen molar-refractivity contribution in [3.63, 3.8) is 0 Å². The van der Waals surface area contributed by atoms with Gasteiger partial charge in [-0.25, -0.2) is 0 Å². The van der Waals surface area contributed by atoms with Crippen LogP contribution in [0.3, 0.4) is 0 Å². The van der Waals surface area contributed by atoms with Crippen LogP contribution in [0.4, 0.5) is 18.9 Å². The minimum Gasteiger partial charge on any atom is -0.391 e. The number of hydrogen-bond donors (Lipinski definition) is 1. The molecule has 0 saturated carbocycles. The maximum Gasteiger partial charge on any atom is 0.516 e. The second-order valence-electron chi connectivity index (χ2n) is 4.65. The zero-order chi connectivity index (χ0) is 17.8. The Kier molecular flexibility index (Phi) is 6.06. The molecule has 1 aromatic rings. The number of hydrogen-bond acceptors (Lipinski definition) is 4. The minimum absolute atomic E-state index is 0.0621. The minimum atomic E-state index is -5.56. The van der Waals surface area contributed by atoms with Crippen LogP contribution in [0.5, 0.6) is 0 Å². The molecule has 0 spiro atoms. The molecule has 0 fully saturated rings. The monoisotopic (exact) mass is 370 g/mol. The maximum absolute atomic E-state index is 12.5. The van der Waals surface area contributed by atoms with Crippen molar-refractivity contribution in [3.05, 3.63) is 40.9 Å². The van der Waals surface area contributed by atoms with Gasteiger partial charge in [0.25, 0.3) is 0 Å². The van der Waals surface area contributed by atoms with E-state index in [9.17, 15) is 21.6 Å². The summed E-state index contributed by atoms with van der Waals surface area (Å²) in [7, 11) is -5.56. The standard InChI is InChI=1S/C13H14ClF3N2O3S/c1-8(2)7-22-18-9(3)11-6-10(14)4-5-12(11)19-23(20,21)13(15,16)17/h4-6,19H,1,7H2,2-3H3. The van der Waals surface area contributed by atoms with Gasteiger partial charge in [-0.05, 0) is 37.6 Å². The molecular weight excluding hydrogens is 357 g/mol. The van der Waals surface area contributed by atoms with Crippen LogP contribution in [-0.4, -0.2) is 26.2 Å². The first-order chi connectivity index (χ1) is 10.4. The number of halogens is 4. The first kappa shape index (κ1) is 19.3. The van der Waals surface area contributed by atoms with Gasteiger partial charge in [-0.2, -0.15) is 21.6 Å². The van der Waals surface area contributed by atoms with Gasteiger partial charge in [0, 0.05) is 10.6 Å². The van der Waals surface area contributed by atoms with Crippen molar-refractivity contribution in [3.8, 4) is 0 Å². The van der Waals surface area contributed by atoms with Gasteiger partial charge in [0.1, 0.15) is 6.61 Å². The van der Waals surface area contributed by atoms with Crippen LogP contribution < -0.4 is 4.72 Å². The van der Waals surface area contributed by atoms with Crippen molar-refractivity contribution in [2.75, 3.05) is 11.3 Å². The van der Waals surface area contributed by atoms with Crippen molar-refractivity contribution >= 4 is 33.0 Å². The summed E-state index contributed by atoms with van der Waals surface area (Å²) in [5, 5.41) is 3.91. The third kappa shape index (κ3) is 5.43. The Morgan fingerprint density at radius 3 is 2.52 bits per heavy atom. The molecule has 0 saturated heterocycles. The molecule has 23 heavy (non-hydrogen) atoms. The second kappa shape index (κ2) is 7.22. The van der Waals surface area contributed by atoms with E-state index in [0.717, 1.165) is 6.07 Å². The Balaban J connectivity index is 3.19. The number of benzene rings is 1. The number of nitrogens with one attached hydrogen (secondary N) is 1. The highest BCUT2D eigenvalue weighted by Crippen LogP contribution is 2.28. The molecule has 0 aliphatic carbocycles. The number of oxime groups is 1. The van der Waals surface area contributed by atoms with E-state index in [1.807, 2.05) is 0 Å². The quantitative estimate of drug-likeness (QED) is 0.469. The number of alkyl halides is 3. The Bertz CT molecular complexity index is 730. The lowest BCUT2D eigenvalue weighted by atomic mass is 10.1. The lowest BCUT2D eigenvalue weighted by Crippen LogP contribution is -2.30. The fraction of sp³-hybridized carbons (Fsp3) is 0.308. The van der Waals surface area contributed by atoms with E-state index >= 15 is 0 Å². The largest absolute Gasteiger partial charge is 0.516 e. The van der Waals surface area contributed by atoms with Gasteiger partial charge in [-0.15, -0.1) is 0 Å². The molecule has 10 heteroatoms. The van der Waals surface area contributed by atoms with Gasteiger partial charge >= 0.3 is 15.5 Å². The molecule has 0 amide bonds. The van der Waals surface area contributed by atoms with Crippen LogP contribution >= 0.6 is 11.6 Å². The normalized spacial score (nSPS) is 12.9. The molecule has 0 heterocycles. The van der Waals surface area contributed by atoms with E-state index in [0.29, 0.717) is 5.57 Å². The van der Waals surface area contributed by atoms with Gasteiger partial charge in [0.05, 0.1) is 11.4 Å². The first-order valence-electron chi connectivity index (χ1n) is 6.14. The average molecular weight is 371 g/mol. The molecule has 0 unspecified atom stereocenters. The predicted octanol–water partition coefficient (Wildman–Crippen LogP) is 3.92. The van der Waals surface area contributed by atoms with Gasteiger partial charge in [0.15, 0.2) is 0 Å². The third-order valence-electron chi connectivity index (χ3n) is 2.43. The van der Waals surface area contributed by atoms with Crippen LogP contribution in [0.1, 0.15) is 19.4 Å². The van der Waals surface area contributed by atoms with Gasteiger partial charge in [-0.3, -0.25) is 4.72 Å².